The molecule has 33 heavy (non-hydrogen) atoms. The molecule has 8 heteroatoms. The van der Waals surface area contributed by atoms with Crippen molar-refractivity contribution >= 4 is 34.8 Å². The number of amides is 1. The monoisotopic (exact) mass is 479 g/mol. The minimum absolute atomic E-state index is 0.0391. The third-order valence-corrected chi connectivity index (χ3v) is 6.63. The molecule has 0 radical (unpaired) electrons. The summed E-state index contributed by atoms with van der Waals surface area (Å²) in [6.45, 7) is 5.60. The van der Waals surface area contributed by atoms with Crippen LogP contribution in [0.2, 0.25) is 10.0 Å². The van der Waals surface area contributed by atoms with Crippen LogP contribution >= 0.6 is 23.2 Å². The Balaban J connectivity index is 1.31. The largest absolute Gasteiger partial charge is 0.336 e. The topological polar surface area (TPSA) is 53.7 Å². The Morgan fingerprint density at radius 3 is 2.48 bits per heavy atom. The minimum atomic E-state index is -0.0391. The fraction of sp³-hybridized carbons (Fsp3) is 0.240. The van der Waals surface area contributed by atoms with Gasteiger partial charge in [0.25, 0.3) is 5.91 Å². The fourth-order valence-corrected chi connectivity index (χ4v) is 4.62. The molecular weight excluding hydrogens is 457 g/mol. The zero-order valence-electron chi connectivity index (χ0n) is 18.2. The zero-order valence-corrected chi connectivity index (χ0v) is 19.7. The summed E-state index contributed by atoms with van der Waals surface area (Å²) in [7, 11) is 0. The van der Waals surface area contributed by atoms with Crippen LogP contribution in [0.1, 0.15) is 21.5 Å². The van der Waals surface area contributed by atoms with Gasteiger partial charge in [-0.2, -0.15) is 5.10 Å². The molecule has 1 saturated heterocycles. The first-order valence-corrected chi connectivity index (χ1v) is 11.6. The molecule has 0 saturated carbocycles. The van der Waals surface area contributed by atoms with Crippen LogP contribution in [0.25, 0.3) is 16.9 Å². The molecule has 4 aromatic rings. The van der Waals surface area contributed by atoms with Crippen molar-refractivity contribution in [2.75, 3.05) is 26.2 Å². The van der Waals surface area contributed by atoms with Crippen LogP contribution in [0.5, 0.6) is 0 Å². The van der Waals surface area contributed by atoms with Gasteiger partial charge in [-0.05, 0) is 30.7 Å². The Hall–Kier alpha value is -2.93. The van der Waals surface area contributed by atoms with E-state index in [0.29, 0.717) is 34.3 Å². The molecule has 2 aromatic carbocycles. The molecule has 2 aromatic heterocycles. The highest BCUT2D eigenvalue weighted by molar-refractivity contribution is 6.35. The summed E-state index contributed by atoms with van der Waals surface area (Å²) in [5.41, 5.74) is 5.27. The second-order valence-electron chi connectivity index (χ2n) is 8.29. The van der Waals surface area contributed by atoms with Crippen molar-refractivity contribution < 1.29 is 4.79 Å². The van der Waals surface area contributed by atoms with Crippen LogP contribution in [-0.2, 0) is 6.54 Å². The molecule has 168 valence electrons. The van der Waals surface area contributed by atoms with Crippen LogP contribution in [0, 0.1) is 6.92 Å². The van der Waals surface area contributed by atoms with E-state index in [1.807, 2.05) is 23.1 Å². The van der Waals surface area contributed by atoms with E-state index in [-0.39, 0.29) is 5.91 Å². The van der Waals surface area contributed by atoms with E-state index >= 15 is 0 Å². The quantitative estimate of drug-likeness (QED) is 0.414. The van der Waals surface area contributed by atoms with Crippen molar-refractivity contribution in [1.82, 2.24) is 24.4 Å². The lowest BCUT2D eigenvalue weighted by Crippen LogP contribution is -2.48. The molecule has 0 aliphatic carbocycles. The number of halogens is 2. The van der Waals surface area contributed by atoms with Gasteiger partial charge in [-0.25, -0.2) is 9.50 Å². The lowest BCUT2D eigenvalue weighted by molar-refractivity contribution is 0.0630. The molecule has 0 bridgehead atoms. The molecule has 1 fully saturated rings. The van der Waals surface area contributed by atoms with Crippen molar-refractivity contribution in [3.63, 3.8) is 0 Å². The van der Waals surface area contributed by atoms with Crippen LogP contribution < -0.4 is 0 Å². The van der Waals surface area contributed by atoms with Gasteiger partial charge in [-0.3, -0.25) is 9.69 Å². The summed E-state index contributed by atoms with van der Waals surface area (Å²) in [6, 6.07) is 15.7. The van der Waals surface area contributed by atoms with E-state index in [1.165, 1.54) is 5.56 Å². The second-order valence-corrected chi connectivity index (χ2v) is 9.14. The molecule has 1 amide bonds. The van der Waals surface area contributed by atoms with Gasteiger partial charge < -0.3 is 4.90 Å². The Kier molecular flexibility index (Phi) is 6.06. The van der Waals surface area contributed by atoms with Gasteiger partial charge in [-0.1, -0.05) is 59.1 Å². The van der Waals surface area contributed by atoms with Crippen molar-refractivity contribution in [2.24, 2.45) is 0 Å². The Morgan fingerprint density at radius 2 is 1.76 bits per heavy atom. The highest BCUT2D eigenvalue weighted by atomic mass is 35.5. The van der Waals surface area contributed by atoms with Crippen molar-refractivity contribution in [2.45, 2.75) is 13.5 Å². The first kappa shape index (κ1) is 21.9. The van der Waals surface area contributed by atoms with Gasteiger partial charge in [0.2, 0.25) is 0 Å². The van der Waals surface area contributed by atoms with Crippen molar-refractivity contribution in [1.29, 1.82) is 0 Å². The maximum Gasteiger partial charge on any atom is 0.259 e. The van der Waals surface area contributed by atoms with E-state index in [2.05, 4.69) is 46.2 Å². The van der Waals surface area contributed by atoms with Gasteiger partial charge in [0, 0.05) is 54.5 Å². The Labute approximate surface area is 202 Å². The summed E-state index contributed by atoms with van der Waals surface area (Å²) < 4.78 is 1.75. The van der Waals surface area contributed by atoms with Crippen molar-refractivity contribution in [3.8, 4) is 11.3 Å². The summed E-state index contributed by atoms with van der Waals surface area (Å²) in [6.07, 6.45) is 3.36. The standard InChI is InChI=1S/C25H23Cl2N5O/c1-17-2-4-18(5-3-17)23-8-9-28-24-21(15-29-32(23)24)25(33)31-12-10-30(11-13-31)16-19-6-7-20(26)14-22(19)27/h2-9,14-15H,10-13,16H2,1H3. The SMILES string of the molecule is Cc1ccc(-c2ccnc3c(C(=O)N4CCN(Cc5ccc(Cl)cc5Cl)CC4)cnn23)cc1. The first-order chi connectivity index (χ1) is 16.0. The summed E-state index contributed by atoms with van der Waals surface area (Å²) in [5.74, 6) is -0.0391. The number of carbonyl (C=O) groups excluding carboxylic acids is 1. The van der Waals surface area contributed by atoms with E-state index in [4.69, 9.17) is 23.2 Å². The Morgan fingerprint density at radius 1 is 1.00 bits per heavy atom. The number of rotatable bonds is 4. The number of aryl methyl sites for hydroxylation is 1. The fourth-order valence-electron chi connectivity index (χ4n) is 4.16. The molecule has 0 atom stereocenters. The number of aromatic nitrogens is 3. The third-order valence-electron chi connectivity index (χ3n) is 6.05. The van der Waals surface area contributed by atoms with Crippen LogP contribution in [0.15, 0.2) is 60.9 Å². The van der Waals surface area contributed by atoms with E-state index in [9.17, 15) is 4.79 Å². The second kappa shape index (κ2) is 9.14. The predicted molar refractivity (Wildman–Crippen MR) is 131 cm³/mol. The molecule has 0 N–H and O–H groups in total. The average Bonchev–Trinajstić information content (AvgIpc) is 3.26. The number of benzene rings is 2. The molecule has 0 spiro atoms. The van der Waals surface area contributed by atoms with E-state index < -0.39 is 0 Å². The van der Waals surface area contributed by atoms with E-state index in [0.717, 1.165) is 36.5 Å². The molecule has 5 rings (SSSR count). The molecule has 0 unspecified atom stereocenters. The molecular formula is C25H23Cl2N5O. The molecule has 6 nitrogen and oxygen atoms in total. The minimum Gasteiger partial charge on any atom is -0.336 e. The number of fused-ring (bicyclic) bond motifs is 1. The summed E-state index contributed by atoms with van der Waals surface area (Å²) >= 11 is 12.3. The number of hydrogen-bond acceptors (Lipinski definition) is 4. The van der Waals surface area contributed by atoms with Gasteiger partial charge in [0.1, 0.15) is 5.56 Å². The normalized spacial score (nSPS) is 14.7. The summed E-state index contributed by atoms with van der Waals surface area (Å²) in [4.78, 5) is 21.9. The third kappa shape index (κ3) is 4.47. The molecule has 3 heterocycles. The number of nitrogens with zero attached hydrogens (tertiary/aromatic N) is 5. The Bertz CT molecular complexity index is 1310. The highest BCUT2D eigenvalue weighted by Gasteiger charge is 2.25. The van der Waals surface area contributed by atoms with Gasteiger partial charge in [-0.15, -0.1) is 0 Å². The van der Waals surface area contributed by atoms with Gasteiger partial charge >= 0.3 is 0 Å². The number of carbonyl (C=O) groups is 1. The lowest BCUT2D eigenvalue weighted by atomic mass is 10.1. The number of hydrogen-bond donors (Lipinski definition) is 0. The van der Waals surface area contributed by atoms with Crippen LogP contribution in [-0.4, -0.2) is 56.5 Å². The predicted octanol–water partition coefficient (Wildman–Crippen LogP) is 4.97. The first-order valence-electron chi connectivity index (χ1n) is 10.8. The maximum atomic E-state index is 13.3. The lowest BCUT2D eigenvalue weighted by Gasteiger charge is -2.34. The van der Waals surface area contributed by atoms with Gasteiger partial charge in [0.05, 0.1) is 11.9 Å². The average molecular weight is 480 g/mol. The summed E-state index contributed by atoms with van der Waals surface area (Å²) in [5, 5.41) is 5.79. The molecule has 1 aliphatic rings. The van der Waals surface area contributed by atoms with Gasteiger partial charge in [0.15, 0.2) is 5.65 Å². The van der Waals surface area contributed by atoms with Crippen LogP contribution in [0.3, 0.4) is 0 Å². The van der Waals surface area contributed by atoms with E-state index in [1.54, 1.807) is 23.0 Å². The molecule has 1 aliphatic heterocycles. The van der Waals surface area contributed by atoms with Crippen molar-refractivity contribution in [3.05, 3.63) is 87.7 Å². The van der Waals surface area contributed by atoms with Crippen LogP contribution in [0.4, 0.5) is 0 Å². The zero-order chi connectivity index (χ0) is 22.9. The number of piperazine rings is 1. The smallest absolute Gasteiger partial charge is 0.259 e. The maximum absolute atomic E-state index is 13.3. The highest BCUT2D eigenvalue weighted by Crippen LogP contribution is 2.24.